The number of phenolic OH excluding ortho intramolecular Hbond substituents is 2. The Morgan fingerprint density at radius 3 is 1.41 bits per heavy atom. The van der Waals surface area contributed by atoms with Gasteiger partial charge in [0.05, 0.1) is 9.79 Å². The van der Waals surface area contributed by atoms with Crippen molar-refractivity contribution in [1.82, 2.24) is 9.44 Å². The maximum atomic E-state index is 13.0. The Morgan fingerprint density at radius 1 is 0.590 bits per heavy atom. The van der Waals surface area contributed by atoms with Gasteiger partial charge in [0, 0.05) is 24.2 Å². The summed E-state index contributed by atoms with van der Waals surface area (Å²) in [4.78, 5) is -0.146. The fourth-order valence-corrected chi connectivity index (χ4v) is 6.44. The van der Waals surface area contributed by atoms with Gasteiger partial charge in [0.25, 0.3) is 0 Å². The Morgan fingerprint density at radius 2 is 1.03 bits per heavy atom. The predicted octanol–water partition coefficient (Wildman–Crippen LogP) is 3.26. The molecule has 4 aromatic carbocycles. The molecule has 1 aliphatic carbocycles. The number of fused-ring (bicyclic) bond motifs is 3. The average Bonchev–Trinajstić information content (AvgIpc) is 3.23. The quantitative estimate of drug-likeness (QED) is 0.142. The van der Waals surface area contributed by atoms with Gasteiger partial charge in [-0.25, -0.2) is 26.3 Å². The van der Waals surface area contributed by atoms with Crippen LogP contribution in [0.25, 0.3) is 11.1 Å². The smallest absolute Gasteiger partial charge is 0.240 e. The van der Waals surface area contributed by atoms with Crippen molar-refractivity contribution in [3.63, 3.8) is 0 Å². The molecule has 0 fully saturated rings. The molecular formula is C27H23N3O7S2. The van der Waals surface area contributed by atoms with Crippen LogP contribution < -0.4 is 9.44 Å². The lowest BCUT2D eigenvalue weighted by Crippen LogP contribution is -2.23. The SMILES string of the molecule is O=S(=O)(NCc1cccc(O)c1)c1ccc2c(c1)C(=NO)c1cc(S(=O)(=O)NCc3cccc(O)c3)ccc1-2. The first-order chi connectivity index (χ1) is 18.6. The third-order valence-corrected chi connectivity index (χ3v) is 9.05. The number of aromatic hydroxyl groups is 2. The minimum atomic E-state index is -3.97. The van der Waals surface area contributed by atoms with E-state index in [9.17, 15) is 32.3 Å². The van der Waals surface area contributed by atoms with Crippen molar-refractivity contribution in [2.45, 2.75) is 22.9 Å². The van der Waals surface area contributed by atoms with E-state index >= 15 is 0 Å². The van der Waals surface area contributed by atoms with Gasteiger partial charge >= 0.3 is 0 Å². The molecule has 5 rings (SSSR count). The van der Waals surface area contributed by atoms with Gasteiger partial charge < -0.3 is 15.4 Å². The first-order valence-electron chi connectivity index (χ1n) is 11.6. The molecule has 0 bridgehead atoms. The van der Waals surface area contributed by atoms with E-state index < -0.39 is 20.0 Å². The number of hydrogen-bond acceptors (Lipinski definition) is 8. The standard InChI is InChI=1S/C27H23N3O7S2/c31-19-5-1-3-17(11-19)15-28-38(34,35)21-7-9-23-24-10-8-22(14-26(24)27(30-33)25(23)13-21)39(36,37)29-16-18-4-2-6-20(32)12-18/h1-14,28-29,31-33H,15-16H2. The van der Waals surface area contributed by atoms with Crippen LogP contribution in [-0.4, -0.2) is 38.0 Å². The van der Waals surface area contributed by atoms with Gasteiger partial charge in [-0.05, 0) is 70.8 Å². The summed E-state index contributed by atoms with van der Waals surface area (Å²) in [6.07, 6.45) is 0. The molecule has 0 spiro atoms. The van der Waals surface area contributed by atoms with E-state index in [-0.39, 0.29) is 40.1 Å². The molecule has 10 nitrogen and oxygen atoms in total. The molecule has 200 valence electrons. The Labute approximate surface area is 225 Å². The van der Waals surface area contributed by atoms with Crippen LogP contribution in [0.4, 0.5) is 0 Å². The zero-order valence-electron chi connectivity index (χ0n) is 20.2. The molecule has 0 aliphatic heterocycles. The Balaban J connectivity index is 1.40. The van der Waals surface area contributed by atoms with E-state index in [2.05, 4.69) is 14.6 Å². The second-order valence-corrected chi connectivity index (χ2v) is 12.4. The molecule has 1 aliphatic rings. The molecule has 0 saturated carbocycles. The van der Waals surface area contributed by atoms with Crippen molar-refractivity contribution >= 4 is 25.8 Å². The Kier molecular flexibility index (Phi) is 6.87. The summed E-state index contributed by atoms with van der Waals surface area (Å²) in [7, 11) is -7.94. The van der Waals surface area contributed by atoms with Crippen LogP contribution >= 0.6 is 0 Å². The molecule has 0 heterocycles. The minimum absolute atomic E-state index is 0.0155. The average molecular weight is 566 g/mol. The van der Waals surface area contributed by atoms with E-state index in [1.807, 2.05) is 0 Å². The molecule has 0 unspecified atom stereocenters. The van der Waals surface area contributed by atoms with Crippen LogP contribution in [0.5, 0.6) is 11.5 Å². The lowest BCUT2D eigenvalue weighted by Gasteiger charge is -2.09. The van der Waals surface area contributed by atoms with Gasteiger partial charge in [-0.2, -0.15) is 0 Å². The topological polar surface area (TPSA) is 165 Å². The van der Waals surface area contributed by atoms with Crippen molar-refractivity contribution in [1.29, 1.82) is 0 Å². The lowest BCUT2D eigenvalue weighted by molar-refractivity contribution is 0.320. The van der Waals surface area contributed by atoms with Gasteiger partial charge in [0.15, 0.2) is 0 Å². The van der Waals surface area contributed by atoms with Gasteiger partial charge in [0.2, 0.25) is 20.0 Å². The molecule has 5 N–H and O–H groups in total. The molecule has 0 atom stereocenters. The highest BCUT2D eigenvalue weighted by Crippen LogP contribution is 2.39. The number of nitrogens with one attached hydrogen (secondary N) is 2. The van der Waals surface area contributed by atoms with Gasteiger partial charge in [-0.1, -0.05) is 41.6 Å². The lowest BCUT2D eigenvalue weighted by atomic mass is 10.1. The van der Waals surface area contributed by atoms with Crippen LogP contribution in [0, 0.1) is 0 Å². The fourth-order valence-electron chi connectivity index (χ4n) is 4.35. The van der Waals surface area contributed by atoms with Crippen LogP contribution in [-0.2, 0) is 33.1 Å². The Hall–Kier alpha value is -4.23. The molecule has 0 aromatic heterocycles. The largest absolute Gasteiger partial charge is 0.508 e. The fraction of sp³-hybridized carbons (Fsp3) is 0.0741. The molecule has 0 amide bonds. The number of oxime groups is 1. The number of nitrogens with zero attached hydrogens (tertiary/aromatic N) is 1. The highest BCUT2D eigenvalue weighted by Gasteiger charge is 2.29. The summed E-state index contributed by atoms with van der Waals surface area (Å²) < 4.78 is 56.9. The van der Waals surface area contributed by atoms with Gasteiger partial charge in [-0.15, -0.1) is 0 Å². The van der Waals surface area contributed by atoms with Gasteiger partial charge in [0.1, 0.15) is 17.2 Å². The van der Waals surface area contributed by atoms with Crippen LogP contribution in [0.15, 0.2) is 99.9 Å². The number of phenols is 2. The zero-order chi connectivity index (χ0) is 27.8. The van der Waals surface area contributed by atoms with Crippen LogP contribution in [0.3, 0.4) is 0 Å². The van der Waals surface area contributed by atoms with Crippen molar-refractivity contribution in [3.05, 3.63) is 107 Å². The van der Waals surface area contributed by atoms with Crippen LogP contribution in [0.1, 0.15) is 22.3 Å². The maximum absolute atomic E-state index is 13.0. The second kappa shape index (κ2) is 10.2. The second-order valence-electron chi connectivity index (χ2n) is 8.85. The van der Waals surface area contributed by atoms with E-state index in [4.69, 9.17) is 0 Å². The van der Waals surface area contributed by atoms with Crippen LogP contribution in [0.2, 0.25) is 0 Å². The van der Waals surface area contributed by atoms with Gasteiger partial charge in [-0.3, -0.25) is 0 Å². The summed E-state index contributed by atoms with van der Waals surface area (Å²) in [6.45, 7) is -0.0996. The molecule has 39 heavy (non-hydrogen) atoms. The first kappa shape index (κ1) is 26.4. The highest BCUT2D eigenvalue weighted by molar-refractivity contribution is 7.89. The van der Waals surface area contributed by atoms with E-state index in [1.54, 1.807) is 36.4 Å². The Bertz CT molecular complexity index is 1710. The van der Waals surface area contributed by atoms with Crippen molar-refractivity contribution in [2.75, 3.05) is 0 Å². The minimum Gasteiger partial charge on any atom is -0.508 e. The molecule has 4 aromatic rings. The first-order valence-corrected chi connectivity index (χ1v) is 14.6. The summed E-state index contributed by atoms with van der Waals surface area (Å²) in [6, 6.07) is 21.1. The third-order valence-electron chi connectivity index (χ3n) is 6.26. The van der Waals surface area contributed by atoms with E-state index in [0.717, 1.165) is 0 Å². The maximum Gasteiger partial charge on any atom is 0.240 e. The summed E-state index contributed by atoms with van der Waals surface area (Å²) in [5.41, 5.74) is 3.00. The van der Waals surface area contributed by atoms with Crippen molar-refractivity contribution in [3.8, 4) is 22.6 Å². The number of hydrogen-bond donors (Lipinski definition) is 5. The third kappa shape index (κ3) is 5.36. The highest BCUT2D eigenvalue weighted by atomic mass is 32.2. The predicted molar refractivity (Wildman–Crippen MR) is 144 cm³/mol. The summed E-state index contributed by atoms with van der Waals surface area (Å²) in [5, 5.41) is 32.4. The number of benzene rings is 4. The van der Waals surface area contributed by atoms with E-state index in [1.165, 1.54) is 48.5 Å². The normalized spacial score (nSPS) is 12.7. The molecule has 12 heteroatoms. The van der Waals surface area contributed by atoms with Crippen molar-refractivity contribution in [2.24, 2.45) is 5.16 Å². The number of sulfonamides is 2. The van der Waals surface area contributed by atoms with E-state index in [0.29, 0.717) is 33.4 Å². The number of rotatable bonds is 8. The zero-order valence-corrected chi connectivity index (χ0v) is 21.9. The van der Waals surface area contributed by atoms with Crippen molar-refractivity contribution < 1.29 is 32.3 Å². The molecule has 0 radical (unpaired) electrons. The molecule has 0 saturated heterocycles. The molecular weight excluding hydrogens is 542 g/mol. The summed E-state index contributed by atoms with van der Waals surface area (Å²) in [5.74, 6) is 0.0310. The monoisotopic (exact) mass is 565 g/mol. The summed E-state index contributed by atoms with van der Waals surface area (Å²) >= 11 is 0.